The molecule has 28 heavy (non-hydrogen) atoms. The predicted octanol–water partition coefficient (Wildman–Crippen LogP) is 5.36. The summed E-state index contributed by atoms with van der Waals surface area (Å²) in [6.45, 7) is 8.08. The second-order valence-corrected chi connectivity index (χ2v) is 9.79. The van der Waals surface area contributed by atoms with Gasteiger partial charge in [0.2, 0.25) is 10.0 Å². The summed E-state index contributed by atoms with van der Waals surface area (Å²) in [6, 6.07) is 24.5. The van der Waals surface area contributed by atoms with E-state index in [9.17, 15) is 8.42 Å². The highest BCUT2D eigenvalue weighted by atomic mass is 32.2. The van der Waals surface area contributed by atoms with Gasteiger partial charge in [0.25, 0.3) is 0 Å². The lowest BCUT2D eigenvalue weighted by molar-refractivity contribution is 0.568. The zero-order chi connectivity index (χ0) is 20.4. The van der Waals surface area contributed by atoms with Crippen LogP contribution in [-0.4, -0.2) is 8.42 Å². The molecule has 0 spiro atoms. The van der Waals surface area contributed by atoms with Crippen LogP contribution in [-0.2, 0) is 15.4 Å². The summed E-state index contributed by atoms with van der Waals surface area (Å²) in [6.07, 6.45) is 0. The van der Waals surface area contributed by atoms with Crippen molar-refractivity contribution in [2.75, 3.05) is 0 Å². The van der Waals surface area contributed by atoms with Gasteiger partial charge in [-0.25, -0.2) is 8.42 Å². The van der Waals surface area contributed by atoms with E-state index in [-0.39, 0.29) is 5.41 Å². The Kier molecular flexibility index (Phi) is 5.73. The topological polar surface area (TPSA) is 46.2 Å². The van der Waals surface area contributed by atoms with Gasteiger partial charge in [-0.15, -0.1) is 0 Å². The molecule has 0 fully saturated rings. The first-order valence-corrected chi connectivity index (χ1v) is 10.9. The Bertz CT molecular complexity index is 997. The van der Waals surface area contributed by atoms with Crippen molar-refractivity contribution in [3.05, 3.63) is 101 Å². The number of aryl methyl sites for hydroxylation is 1. The summed E-state index contributed by atoms with van der Waals surface area (Å²) in [5, 5.41) is 0. The third-order valence-corrected chi connectivity index (χ3v) is 6.45. The lowest BCUT2D eigenvalue weighted by atomic mass is 9.87. The molecule has 0 radical (unpaired) electrons. The van der Waals surface area contributed by atoms with E-state index in [2.05, 4.69) is 25.5 Å². The van der Waals surface area contributed by atoms with Crippen LogP contribution in [0.15, 0.2) is 83.8 Å². The molecule has 146 valence electrons. The molecule has 0 aromatic heterocycles. The Labute approximate surface area is 168 Å². The average molecular weight is 394 g/mol. The van der Waals surface area contributed by atoms with Gasteiger partial charge < -0.3 is 0 Å². The molecule has 3 nitrogen and oxygen atoms in total. The first-order chi connectivity index (χ1) is 13.2. The standard InChI is InChI=1S/C24H27NO2S/c1-18-15-16-21(24(2,3)4)17-22(18)28(26,27)25-23(19-11-7-5-8-12-19)20-13-9-6-10-14-20/h5-17,23,25H,1-4H3. The largest absolute Gasteiger partial charge is 0.241 e. The Hall–Kier alpha value is -2.43. The molecule has 3 rings (SSSR count). The van der Waals surface area contributed by atoms with Crippen molar-refractivity contribution in [1.29, 1.82) is 0 Å². The number of hydrogen-bond acceptors (Lipinski definition) is 2. The maximum atomic E-state index is 13.4. The first kappa shape index (κ1) is 20.3. The Morgan fingerprint density at radius 3 is 1.75 bits per heavy atom. The summed E-state index contributed by atoms with van der Waals surface area (Å²) >= 11 is 0. The van der Waals surface area contributed by atoms with Crippen LogP contribution < -0.4 is 4.72 Å². The molecule has 0 bridgehead atoms. The SMILES string of the molecule is Cc1ccc(C(C)(C)C)cc1S(=O)(=O)NC(c1ccccc1)c1ccccc1. The number of sulfonamides is 1. The average Bonchev–Trinajstić information content (AvgIpc) is 2.67. The van der Waals surface area contributed by atoms with Gasteiger partial charge in [-0.2, -0.15) is 4.72 Å². The van der Waals surface area contributed by atoms with Crippen LogP contribution in [0.4, 0.5) is 0 Å². The molecule has 0 aliphatic carbocycles. The van der Waals surface area contributed by atoms with Gasteiger partial charge in [0.1, 0.15) is 0 Å². The minimum atomic E-state index is -3.72. The van der Waals surface area contributed by atoms with E-state index < -0.39 is 16.1 Å². The molecule has 0 aliphatic rings. The molecule has 1 N–H and O–H groups in total. The van der Waals surface area contributed by atoms with Crippen LogP contribution >= 0.6 is 0 Å². The summed E-state index contributed by atoms with van der Waals surface area (Å²) in [7, 11) is -3.72. The fourth-order valence-electron chi connectivity index (χ4n) is 3.19. The molecule has 0 heterocycles. The van der Waals surface area contributed by atoms with E-state index in [0.717, 1.165) is 22.3 Å². The van der Waals surface area contributed by atoms with Crippen molar-refractivity contribution in [3.8, 4) is 0 Å². The second kappa shape index (κ2) is 7.90. The minimum absolute atomic E-state index is 0.129. The van der Waals surface area contributed by atoms with Crippen molar-refractivity contribution in [1.82, 2.24) is 4.72 Å². The third-order valence-electron chi connectivity index (χ3n) is 4.88. The Balaban J connectivity index is 2.06. The lowest BCUT2D eigenvalue weighted by Crippen LogP contribution is -2.30. The number of hydrogen-bond donors (Lipinski definition) is 1. The normalized spacial score (nSPS) is 12.3. The predicted molar refractivity (Wildman–Crippen MR) is 115 cm³/mol. The molecular weight excluding hydrogens is 366 g/mol. The van der Waals surface area contributed by atoms with Gasteiger partial charge in [0.15, 0.2) is 0 Å². The molecule has 0 saturated carbocycles. The van der Waals surface area contributed by atoms with Crippen LogP contribution in [0, 0.1) is 6.92 Å². The first-order valence-electron chi connectivity index (χ1n) is 9.42. The van der Waals surface area contributed by atoms with Gasteiger partial charge >= 0.3 is 0 Å². The monoisotopic (exact) mass is 393 g/mol. The minimum Gasteiger partial charge on any atom is -0.207 e. The van der Waals surface area contributed by atoms with Crippen molar-refractivity contribution in [2.24, 2.45) is 0 Å². The van der Waals surface area contributed by atoms with E-state index in [1.165, 1.54) is 0 Å². The maximum absolute atomic E-state index is 13.4. The molecule has 0 amide bonds. The summed E-state index contributed by atoms with van der Waals surface area (Å²) in [5.41, 5.74) is 3.41. The number of rotatable bonds is 5. The van der Waals surface area contributed by atoms with E-state index >= 15 is 0 Å². The Morgan fingerprint density at radius 1 is 0.786 bits per heavy atom. The molecule has 0 saturated heterocycles. The van der Waals surface area contributed by atoms with Crippen LogP contribution in [0.3, 0.4) is 0 Å². The zero-order valence-electron chi connectivity index (χ0n) is 16.8. The fourth-order valence-corrected chi connectivity index (χ4v) is 4.68. The Morgan fingerprint density at radius 2 is 1.29 bits per heavy atom. The molecular formula is C24H27NO2S. The molecule has 3 aromatic rings. The van der Waals surface area contributed by atoms with Crippen molar-refractivity contribution >= 4 is 10.0 Å². The third kappa shape index (κ3) is 4.51. The molecule has 0 unspecified atom stereocenters. The van der Waals surface area contributed by atoms with E-state index in [1.807, 2.05) is 79.7 Å². The van der Waals surface area contributed by atoms with Crippen molar-refractivity contribution in [2.45, 2.75) is 44.0 Å². The summed E-state index contributed by atoms with van der Waals surface area (Å²) in [5.74, 6) is 0. The number of nitrogens with one attached hydrogen (secondary N) is 1. The van der Waals surface area contributed by atoms with Crippen LogP contribution in [0.5, 0.6) is 0 Å². The van der Waals surface area contributed by atoms with Gasteiger partial charge in [-0.05, 0) is 40.7 Å². The smallest absolute Gasteiger partial charge is 0.207 e. The van der Waals surface area contributed by atoms with Crippen LogP contribution in [0.1, 0.15) is 49.1 Å². The quantitative estimate of drug-likeness (QED) is 0.634. The van der Waals surface area contributed by atoms with Gasteiger partial charge in [0, 0.05) is 0 Å². The second-order valence-electron chi connectivity index (χ2n) is 8.11. The van der Waals surface area contributed by atoms with Crippen molar-refractivity contribution in [3.63, 3.8) is 0 Å². The molecule has 3 aromatic carbocycles. The fraction of sp³-hybridized carbons (Fsp3) is 0.250. The van der Waals surface area contributed by atoms with E-state index in [1.54, 1.807) is 6.07 Å². The van der Waals surface area contributed by atoms with Crippen LogP contribution in [0.25, 0.3) is 0 Å². The van der Waals surface area contributed by atoms with Gasteiger partial charge in [-0.3, -0.25) is 0 Å². The molecule has 0 atom stereocenters. The highest BCUT2D eigenvalue weighted by Gasteiger charge is 2.26. The van der Waals surface area contributed by atoms with E-state index in [4.69, 9.17) is 0 Å². The van der Waals surface area contributed by atoms with E-state index in [0.29, 0.717) is 4.90 Å². The van der Waals surface area contributed by atoms with Gasteiger partial charge in [0.05, 0.1) is 10.9 Å². The maximum Gasteiger partial charge on any atom is 0.241 e. The zero-order valence-corrected chi connectivity index (χ0v) is 17.6. The van der Waals surface area contributed by atoms with Gasteiger partial charge in [-0.1, -0.05) is 93.6 Å². The number of benzene rings is 3. The summed E-state index contributed by atoms with van der Waals surface area (Å²) in [4.78, 5) is 0.330. The van der Waals surface area contributed by atoms with Crippen LogP contribution in [0.2, 0.25) is 0 Å². The highest BCUT2D eigenvalue weighted by molar-refractivity contribution is 7.89. The lowest BCUT2D eigenvalue weighted by Gasteiger charge is -2.23. The summed E-state index contributed by atoms with van der Waals surface area (Å²) < 4.78 is 29.7. The molecule has 4 heteroatoms. The van der Waals surface area contributed by atoms with Crippen molar-refractivity contribution < 1.29 is 8.42 Å². The molecule has 0 aliphatic heterocycles. The highest BCUT2D eigenvalue weighted by Crippen LogP contribution is 2.29.